The summed E-state index contributed by atoms with van der Waals surface area (Å²) in [6, 6.07) is 7.59. The predicted octanol–water partition coefficient (Wildman–Crippen LogP) is 0.740. The first-order valence-electron chi connectivity index (χ1n) is 6.23. The maximum absolute atomic E-state index is 11.8. The Morgan fingerprint density at radius 2 is 2.20 bits per heavy atom. The molecule has 20 heavy (non-hydrogen) atoms. The molecule has 1 aromatic rings. The number of fused-ring (bicyclic) bond motifs is 1. The van der Waals surface area contributed by atoms with Crippen LogP contribution in [0.3, 0.4) is 0 Å². The number of carbonyl (C=O) groups is 1. The molecule has 0 bridgehead atoms. The van der Waals surface area contributed by atoms with E-state index < -0.39 is 15.9 Å². The Kier molecular flexibility index (Phi) is 4.74. The summed E-state index contributed by atoms with van der Waals surface area (Å²) in [5.41, 5.74) is 1.98. The van der Waals surface area contributed by atoms with E-state index in [-0.39, 0.29) is 24.9 Å². The number of nitrogens with one attached hydrogen (secondary N) is 1. The van der Waals surface area contributed by atoms with E-state index in [4.69, 9.17) is 4.74 Å². The van der Waals surface area contributed by atoms with Gasteiger partial charge in [-0.3, -0.25) is 9.52 Å². The summed E-state index contributed by atoms with van der Waals surface area (Å²) in [5, 5.41) is 0. The number of hydrogen-bond acceptors (Lipinski definition) is 5. The van der Waals surface area contributed by atoms with Gasteiger partial charge >= 0.3 is 0 Å². The van der Waals surface area contributed by atoms with Crippen molar-refractivity contribution in [3.63, 3.8) is 0 Å². The van der Waals surface area contributed by atoms with Crippen LogP contribution in [0.4, 0.5) is 0 Å². The summed E-state index contributed by atoms with van der Waals surface area (Å²) >= 11 is 0. The minimum atomic E-state index is -3.64. The molecule has 1 amide bonds. The van der Waals surface area contributed by atoms with Crippen LogP contribution in [0.2, 0.25) is 0 Å². The summed E-state index contributed by atoms with van der Waals surface area (Å²) in [5.74, 6) is -0.806. The van der Waals surface area contributed by atoms with Gasteiger partial charge in [-0.1, -0.05) is 24.3 Å². The average molecular weight is 299 g/mol. The van der Waals surface area contributed by atoms with E-state index in [1.165, 1.54) is 7.11 Å². The van der Waals surface area contributed by atoms with Gasteiger partial charge in [0.25, 0.3) is 0 Å². The fourth-order valence-electron chi connectivity index (χ4n) is 2.06. The standard InChI is InChI=1S/C13H17NO5S/c1-18-6-7-20(16,17)14-13(15)8-12-11-5-3-2-4-10(11)9-19-12/h2-5,12H,6-9H2,1H3,(H,14,15). The second kappa shape index (κ2) is 6.34. The number of amides is 1. The molecule has 0 radical (unpaired) electrons. The summed E-state index contributed by atoms with van der Waals surface area (Å²) in [6.45, 7) is 0.496. The lowest BCUT2D eigenvalue weighted by Crippen LogP contribution is -2.34. The van der Waals surface area contributed by atoms with Crippen molar-refractivity contribution < 1.29 is 22.7 Å². The van der Waals surface area contributed by atoms with E-state index in [1.807, 2.05) is 29.0 Å². The molecule has 1 unspecified atom stereocenters. The quantitative estimate of drug-likeness (QED) is 0.838. The van der Waals surface area contributed by atoms with Crippen LogP contribution in [0.5, 0.6) is 0 Å². The number of rotatable bonds is 6. The number of carbonyl (C=O) groups excluding carboxylic acids is 1. The summed E-state index contributed by atoms with van der Waals surface area (Å²) in [4.78, 5) is 11.8. The number of sulfonamides is 1. The van der Waals surface area contributed by atoms with Crippen molar-refractivity contribution in [2.24, 2.45) is 0 Å². The number of hydrogen-bond donors (Lipinski definition) is 1. The van der Waals surface area contributed by atoms with Gasteiger partial charge in [-0.25, -0.2) is 8.42 Å². The zero-order valence-electron chi connectivity index (χ0n) is 11.2. The van der Waals surface area contributed by atoms with Crippen molar-refractivity contribution in [3.8, 4) is 0 Å². The third kappa shape index (κ3) is 3.78. The number of ether oxygens (including phenoxy) is 2. The Labute approximate surface area is 118 Å². The van der Waals surface area contributed by atoms with E-state index >= 15 is 0 Å². The van der Waals surface area contributed by atoms with Gasteiger partial charge in [-0.05, 0) is 11.1 Å². The van der Waals surface area contributed by atoms with Gasteiger partial charge in [0.05, 0.1) is 31.5 Å². The normalized spacial score (nSPS) is 17.8. The van der Waals surface area contributed by atoms with Crippen molar-refractivity contribution in [1.82, 2.24) is 4.72 Å². The fourth-order valence-corrected chi connectivity index (χ4v) is 2.97. The van der Waals surface area contributed by atoms with Gasteiger partial charge in [0.2, 0.25) is 15.9 Å². The van der Waals surface area contributed by atoms with Crippen LogP contribution < -0.4 is 4.72 Å². The van der Waals surface area contributed by atoms with Crippen LogP contribution in [0.15, 0.2) is 24.3 Å². The Morgan fingerprint density at radius 3 is 2.95 bits per heavy atom. The van der Waals surface area contributed by atoms with Gasteiger partial charge in [-0.15, -0.1) is 0 Å². The van der Waals surface area contributed by atoms with Crippen LogP contribution in [0.1, 0.15) is 23.7 Å². The van der Waals surface area contributed by atoms with Crippen LogP contribution in [0.25, 0.3) is 0 Å². The Hall–Kier alpha value is -1.44. The molecule has 0 aromatic heterocycles. The monoisotopic (exact) mass is 299 g/mol. The summed E-state index contributed by atoms with van der Waals surface area (Å²) in [6.07, 6.45) is -0.396. The van der Waals surface area contributed by atoms with Gasteiger partial charge < -0.3 is 9.47 Å². The van der Waals surface area contributed by atoms with Crippen LogP contribution in [0, 0.1) is 0 Å². The second-order valence-corrected chi connectivity index (χ2v) is 6.38. The van der Waals surface area contributed by atoms with Crippen molar-refractivity contribution in [3.05, 3.63) is 35.4 Å². The maximum atomic E-state index is 11.8. The fraction of sp³-hybridized carbons (Fsp3) is 0.462. The molecule has 1 aliphatic heterocycles. The second-order valence-electron chi connectivity index (χ2n) is 4.54. The molecule has 110 valence electrons. The van der Waals surface area contributed by atoms with Crippen molar-refractivity contribution in [2.45, 2.75) is 19.1 Å². The van der Waals surface area contributed by atoms with E-state index in [2.05, 4.69) is 4.74 Å². The van der Waals surface area contributed by atoms with Crippen molar-refractivity contribution >= 4 is 15.9 Å². The van der Waals surface area contributed by atoms with Crippen molar-refractivity contribution in [2.75, 3.05) is 19.5 Å². The number of benzene rings is 1. The lowest BCUT2D eigenvalue weighted by molar-refractivity contribution is -0.122. The third-order valence-electron chi connectivity index (χ3n) is 3.04. The lowest BCUT2D eigenvalue weighted by atomic mass is 10.0. The smallest absolute Gasteiger partial charge is 0.237 e. The van der Waals surface area contributed by atoms with E-state index in [0.717, 1.165) is 11.1 Å². The Balaban J connectivity index is 1.93. The molecule has 1 atom stereocenters. The lowest BCUT2D eigenvalue weighted by Gasteiger charge is -2.11. The minimum absolute atomic E-state index is 0.0107. The molecule has 7 heteroatoms. The van der Waals surface area contributed by atoms with Gasteiger partial charge in [0.1, 0.15) is 0 Å². The largest absolute Gasteiger partial charge is 0.384 e. The van der Waals surface area contributed by atoms with E-state index in [0.29, 0.717) is 6.61 Å². The molecule has 0 saturated heterocycles. The summed E-state index contributed by atoms with van der Waals surface area (Å²) in [7, 11) is -2.24. The molecule has 2 rings (SSSR count). The molecule has 1 aromatic carbocycles. The highest BCUT2D eigenvalue weighted by molar-refractivity contribution is 7.90. The number of methoxy groups -OCH3 is 1. The SMILES string of the molecule is COCCS(=O)(=O)NC(=O)CC1OCc2ccccc21. The first kappa shape index (κ1) is 15.0. The molecule has 6 nitrogen and oxygen atoms in total. The summed E-state index contributed by atoms with van der Waals surface area (Å²) < 4.78 is 35.3. The van der Waals surface area contributed by atoms with Crippen LogP contribution >= 0.6 is 0 Å². The molecule has 0 saturated carbocycles. The molecule has 0 spiro atoms. The molecule has 0 aliphatic carbocycles. The molecule has 1 heterocycles. The molecule has 1 aliphatic rings. The maximum Gasteiger partial charge on any atom is 0.237 e. The van der Waals surface area contributed by atoms with E-state index in [1.54, 1.807) is 0 Å². The molecular formula is C13H17NO5S. The highest BCUT2D eigenvalue weighted by Crippen LogP contribution is 2.32. The van der Waals surface area contributed by atoms with Gasteiger partial charge in [0.15, 0.2) is 0 Å². The molecular weight excluding hydrogens is 282 g/mol. The highest BCUT2D eigenvalue weighted by Gasteiger charge is 2.26. The third-order valence-corrected chi connectivity index (χ3v) is 4.28. The minimum Gasteiger partial charge on any atom is -0.384 e. The van der Waals surface area contributed by atoms with Crippen LogP contribution in [-0.2, 0) is 30.9 Å². The van der Waals surface area contributed by atoms with Gasteiger partial charge in [-0.2, -0.15) is 0 Å². The average Bonchev–Trinajstić information content (AvgIpc) is 2.79. The first-order valence-corrected chi connectivity index (χ1v) is 7.89. The van der Waals surface area contributed by atoms with Crippen LogP contribution in [-0.4, -0.2) is 33.8 Å². The zero-order valence-corrected chi connectivity index (χ0v) is 12.0. The zero-order chi connectivity index (χ0) is 14.6. The highest BCUT2D eigenvalue weighted by atomic mass is 32.2. The predicted molar refractivity (Wildman–Crippen MR) is 72.4 cm³/mol. The molecule has 1 N–H and O–H groups in total. The van der Waals surface area contributed by atoms with E-state index in [9.17, 15) is 13.2 Å². The van der Waals surface area contributed by atoms with Crippen molar-refractivity contribution in [1.29, 1.82) is 0 Å². The topological polar surface area (TPSA) is 81.7 Å². The Bertz CT molecular complexity index is 584. The van der Waals surface area contributed by atoms with Gasteiger partial charge in [0, 0.05) is 7.11 Å². The Morgan fingerprint density at radius 1 is 1.45 bits per heavy atom. The first-order chi connectivity index (χ1) is 9.52. The molecule has 0 fully saturated rings.